The Balaban J connectivity index is 1.37. The molecular formula is C19H24O2. The molecule has 6 aliphatic carbocycles. The number of fused-ring (bicyclic) bond motifs is 16. The molecule has 5 fully saturated rings. The normalized spacial score (nSPS) is 64.1. The first-order chi connectivity index (χ1) is 10.3. The molecule has 0 aliphatic heterocycles. The summed E-state index contributed by atoms with van der Waals surface area (Å²) in [4.78, 5) is 12.1. The second-order valence-electron chi connectivity index (χ2n) is 8.85. The zero-order chi connectivity index (χ0) is 13.9. The highest BCUT2D eigenvalue weighted by molar-refractivity contribution is 5.73. The van der Waals surface area contributed by atoms with Crippen LogP contribution < -0.4 is 0 Å². The third kappa shape index (κ3) is 1.15. The first kappa shape index (κ1) is 11.7. The van der Waals surface area contributed by atoms with Crippen LogP contribution in [0.1, 0.15) is 25.7 Å². The van der Waals surface area contributed by atoms with Crippen LogP contribution in [0.5, 0.6) is 0 Å². The van der Waals surface area contributed by atoms with Gasteiger partial charge in [-0.25, -0.2) is 0 Å². The number of carbonyl (C=O) groups is 1. The average molecular weight is 284 g/mol. The van der Waals surface area contributed by atoms with Gasteiger partial charge in [0.1, 0.15) is 0 Å². The molecule has 0 saturated heterocycles. The van der Waals surface area contributed by atoms with E-state index in [1.54, 1.807) is 7.11 Å². The number of methoxy groups -OCH3 is 1. The van der Waals surface area contributed by atoms with Gasteiger partial charge in [-0.3, -0.25) is 4.79 Å². The number of carbonyl (C=O) groups excluding carboxylic acids is 1. The molecule has 11 atom stereocenters. The van der Waals surface area contributed by atoms with Crippen molar-refractivity contribution in [2.75, 3.05) is 7.11 Å². The van der Waals surface area contributed by atoms with E-state index in [0.29, 0.717) is 5.92 Å². The molecule has 0 aromatic carbocycles. The van der Waals surface area contributed by atoms with E-state index in [2.05, 4.69) is 12.2 Å². The Kier molecular flexibility index (Phi) is 2.00. The number of allylic oxidation sites excluding steroid dienone is 2. The lowest BCUT2D eigenvalue weighted by atomic mass is 9.59. The van der Waals surface area contributed by atoms with Crippen molar-refractivity contribution in [3.8, 4) is 0 Å². The summed E-state index contributed by atoms with van der Waals surface area (Å²) in [5.74, 6) is 9.52. The van der Waals surface area contributed by atoms with Crippen LogP contribution in [-0.2, 0) is 9.53 Å². The zero-order valence-corrected chi connectivity index (χ0v) is 12.7. The molecule has 6 aliphatic rings. The minimum absolute atomic E-state index is 0.0908. The Hall–Kier alpha value is -0.790. The molecule has 0 N–H and O–H groups in total. The van der Waals surface area contributed by atoms with Crippen molar-refractivity contribution in [3.63, 3.8) is 0 Å². The highest BCUT2D eigenvalue weighted by atomic mass is 16.5. The van der Waals surface area contributed by atoms with Gasteiger partial charge in [-0.15, -0.1) is 0 Å². The molecule has 0 aromatic heterocycles. The molecule has 2 nitrogen and oxygen atoms in total. The van der Waals surface area contributed by atoms with E-state index in [4.69, 9.17) is 4.74 Å². The van der Waals surface area contributed by atoms with Gasteiger partial charge in [0.2, 0.25) is 0 Å². The minimum atomic E-state index is 0.0908. The second kappa shape index (κ2) is 3.58. The Bertz CT molecular complexity index is 552. The van der Waals surface area contributed by atoms with E-state index < -0.39 is 0 Å². The predicted molar refractivity (Wildman–Crippen MR) is 78.0 cm³/mol. The molecule has 0 amide bonds. The molecule has 5 saturated carbocycles. The van der Waals surface area contributed by atoms with Crippen molar-refractivity contribution in [1.29, 1.82) is 0 Å². The third-order valence-corrected chi connectivity index (χ3v) is 8.74. The van der Waals surface area contributed by atoms with Crippen molar-refractivity contribution in [1.82, 2.24) is 0 Å². The maximum atomic E-state index is 12.1. The van der Waals surface area contributed by atoms with E-state index in [-0.39, 0.29) is 11.9 Å². The lowest BCUT2D eigenvalue weighted by Gasteiger charge is -2.45. The summed E-state index contributed by atoms with van der Waals surface area (Å²) in [5, 5.41) is 0. The summed E-state index contributed by atoms with van der Waals surface area (Å²) < 4.78 is 5.10. The standard InChI is InChI=1S/C19H24O2/c1-21-19(20)12-6-10-5-11(12)18-14-7-13(17(10)18)15-8-2-3-9(4-8)16(14)15/h2-3,8-18H,4-7H2,1H3. The molecule has 0 spiro atoms. The fraction of sp³-hybridized carbons (Fsp3) is 0.842. The van der Waals surface area contributed by atoms with Gasteiger partial charge in [-0.2, -0.15) is 0 Å². The number of hydrogen-bond donors (Lipinski definition) is 0. The lowest BCUT2D eigenvalue weighted by Crippen LogP contribution is -2.43. The van der Waals surface area contributed by atoms with Crippen LogP contribution >= 0.6 is 0 Å². The van der Waals surface area contributed by atoms with Crippen molar-refractivity contribution < 1.29 is 9.53 Å². The largest absolute Gasteiger partial charge is 0.469 e. The summed E-state index contributed by atoms with van der Waals surface area (Å²) in [6.45, 7) is 0. The van der Waals surface area contributed by atoms with Crippen LogP contribution in [0.4, 0.5) is 0 Å². The van der Waals surface area contributed by atoms with Gasteiger partial charge >= 0.3 is 5.97 Å². The van der Waals surface area contributed by atoms with Crippen LogP contribution in [0.25, 0.3) is 0 Å². The Labute approximate surface area is 126 Å². The first-order valence-electron chi connectivity index (χ1n) is 9.04. The first-order valence-corrected chi connectivity index (χ1v) is 9.04. The molecule has 11 unspecified atom stereocenters. The van der Waals surface area contributed by atoms with Crippen LogP contribution in [-0.4, -0.2) is 13.1 Å². The molecule has 0 aromatic rings. The monoisotopic (exact) mass is 284 g/mol. The fourth-order valence-electron chi connectivity index (χ4n) is 8.67. The molecule has 6 bridgehead atoms. The second-order valence-corrected chi connectivity index (χ2v) is 8.85. The maximum absolute atomic E-state index is 12.1. The summed E-state index contributed by atoms with van der Waals surface area (Å²) in [6, 6.07) is 0. The van der Waals surface area contributed by atoms with E-state index in [1.165, 1.54) is 19.3 Å². The zero-order valence-electron chi connectivity index (χ0n) is 12.7. The summed E-state index contributed by atoms with van der Waals surface area (Å²) in [6.07, 6.45) is 10.5. The van der Waals surface area contributed by atoms with Gasteiger partial charge in [0.15, 0.2) is 0 Å². The van der Waals surface area contributed by atoms with E-state index in [0.717, 1.165) is 59.7 Å². The SMILES string of the molecule is COC(=O)C1CC2CC1C1C3CC(C4C5C=CC(C5)C34)C21. The summed E-state index contributed by atoms with van der Waals surface area (Å²) in [7, 11) is 1.57. The molecule has 6 rings (SSSR count). The highest BCUT2D eigenvalue weighted by Gasteiger charge is 2.71. The molecule has 2 heteroatoms. The van der Waals surface area contributed by atoms with Gasteiger partial charge in [-0.05, 0) is 84.9 Å². The smallest absolute Gasteiger partial charge is 0.308 e. The Morgan fingerprint density at radius 2 is 1.57 bits per heavy atom. The van der Waals surface area contributed by atoms with Gasteiger partial charge in [0, 0.05) is 0 Å². The van der Waals surface area contributed by atoms with Crippen molar-refractivity contribution >= 4 is 5.97 Å². The minimum Gasteiger partial charge on any atom is -0.469 e. The van der Waals surface area contributed by atoms with Crippen LogP contribution in [0.2, 0.25) is 0 Å². The van der Waals surface area contributed by atoms with Crippen molar-refractivity contribution in [2.24, 2.45) is 65.1 Å². The average Bonchev–Trinajstić information content (AvgIpc) is 3.31. The van der Waals surface area contributed by atoms with Crippen LogP contribution in [0.3, 0.4) is 0 Å². The van der Waals surface area contributed by atoms with Gasteiger partial charge in [0.05, 0.1) is 13.0 Å². The Morgan fingerprint density at radius 3 is 2.29 bits per heavy atom. The topological polar surface area (TPSA) is 26.3 Å². The number of hydrogen-bond acceptors (Lipinski definition) is 2. The van der Waals surface area contributed by atoms with E-state index in [9.17, 15) is 4.79 Å². The van der Waals surface area contributed by atoms with Gasteiger partial charge in [0.25, 0.3) is 0 Å². The summed E-state index contributed by atoms with van der Waals surface area (Å²) in [5.41, 5.74) is 0. The number of ether oxygens (including phenoxy) is 1. The molecule has 21 heavy (non-hydrogen) atoms. The van der Waals surface area contributed by atoms with E-state index in [1.807, 2.05) is 0 Å². The maximum Gasteiger partial charge on any atom is 0.308 e. The fourth-order valence-corrected chi connectivity index (χ4v) is 8.67. The quantitative estimate of drug-likeness (QED) is 0.420. The van der Waals surface area contributed by atoms with Crippen LogP contribution in [0, 0.1) is 65.1 Å². The van der Waals surface area contributed by atoms with Crippen molar-refractivity contribution in [3.05, 3.63) is 12.2 Å². The van der Waals surface area contributed by atoms with E-state index >= 15 is 0 Å². The third-order valence-electron chi connectivity index (χ3n) is 8.74. The molecular weight excluding hydrogens is 260 g/mol. The van der Waals surface area contributed by atoms with Gasteiger partial charge in [-0.1, -0.05) is 12.2 Å². The number of rotatable bonds is 1. The van der Waals surface area contributed by atoms with Crippen LogP contribution in [0.15, 0.2) is 12.2 Å². The molecule has 0 radical (unpaired) electrons. The molecule has 112 valence electrons. The lowest BCUT2D eigenvalue weighted by molar-refractivity contribution is -0.149. The van der Waals surface area contributed by atoms with Crippen molar-refractivity contribution in [2.45, 2.75) is 25.7 Å². The predicted octanol–water partition coefficient (Wildman–Crippen LogP) is 3.14. The van der Waals surface area contributed by atoms with Gasteiger partial charge < -0.3 is 4.74 Å². The highest BCUT2D eigenvalue weighted by Crippen LogP contribution is 2.76. The summed E-state index contributed by atoms with van der Waals surface area (Å²) >= 11 is 0. The number of esters is 1. The Morgan fingerprint density at radius 1 is 0.857 bits per heavy atom. The molecule has 0 heterocycles.